The normalized spacial score (nSPS) is 10.9. The standard InChI is InChI=1S/C14H10N4O6/c1-7-10-11(8-3-5-9(6-4-8)17(20)21)15-16(2)13(10)24-14(19)12(7)18(22)23/h3-6H,1-2H3. The summed E-state index contributed by atoms with van der Waals surface area (Å²) in [5.41, 5.74) is -0.719. The molecular weight excluding hydrogens is 320 g/mol. The molecule has 0 radical (unpaired) electrons. The summed E-state index contributed by atoms with van der Waals surface area (Å²) in [5.74, 6) is 0. The van der Waals surface area contributed by atoms with Gasteiger partial charge in [0.25, 0.3) is 5.69 Å². The van der Waals surface area contributed by atoms with Crippen molar-refractivity contribution >= 4 is 22.5 Å². The zero-order valence-electron chi connectivity index (χ0n) is 12.5. The lowest BCUT2D eigenvalue weighted by molar-refractivity contribution is -0.387. The average Bonchev–Trinajstić information content (AvgIpc) is 2.84. The highest BCUT2D eigenvalue weighted by atomic mass is 16.6. The Bertz CT molecular complexity index is 1050. The first-order valence-corrected chi connectivity index (χ1v) is 6.71. The second-order valence-electron chi connectivity index (χ2n) is 5.08. The first-order valence-electron chi connectivity index (χ1n) is 6.71. The van der Waals surface area contributed by atoms with Crippen LogP contribution in [0.3, 0.4) is 0 Å². The van der Waals surface area contributed by atoms with E-state index in [1.54, 1.807) is 0 Å². The summed E-state index contributed by atoms with van der Waals surface area (Å²) in [7, 11) is 1.53. The number of nitrogens with zero attached hydrogens (tertiary/aromatic N) is 4. The second kappa shape index (κ2) is 5.26. The van der Waals surface area contributed by atoms with Gasteiger partial charge in [-0.2, -0.15) is 5.10 Å². The third kappa shape index (κ3) is 2.20. The van der Waals surface area contributed by atoms with Gasteiger partial charge in [-0.05, 0) is 19.1 Å². The fourth-order valence-electron chi connectivity index (χ4n) is 2.53. The van der Waals surface area contributed by atoms with Crippen LogP contribution in [0.5, 0.6) is 0 Å². The lowest BCUT2D eigenvalue weighted by Gasteiger charge is -2.01. The zero-order chi connectivity index (χ0) is 17.6. The molecule has 0 saturated heterocycles. The molecule has 0 aliphatic rings. The number of rotatable bonds is 3. The molecule has 0 bridgehead atoms. The first-order chi connectivity index (χ1) is 11.3. The van der Waals surface area contributed by atoms with E-state index in [9.17, 15) is 25.0 Å². The van der Waals surface area contributed by atoms with E-state index in [0.717, 1.165) is 0 Å². The monoisotopic (exact) mass is 330 g/mol. The summed E-state index contributed by atoms with van der Waals surface area (Å²) < 4.78 is 6.32. The van der Waals surface area contributed by atoms with Crippen LogP contribution >= 0.6 is 0 Å². The van der Waals surface area contributed by atoms with Crippen molar-refractivity contribution in [2.24, 2.45) is 7.05 Å². The smallest absolute Gasteiger partial charge is 0.399 e. The van der Waals surface area contributed by atoms with Gasteiger partial charge in [0.2, 0.25) is 5.71 Å². The molecule has 3 aromatic rings. The molecule has 0 saturated carbocycles. The van der Waals surface area contributed by atoms with Gasteiger partial charge in [0.1, 0.15) is 5.69 Å². The Morgan fingerprint density at radius 1 is 1.12 bits per heavy atom. The van der Waals surface area contributed by atoms with Crippen molar-refractivity contribution in [1.82, 2.24) is 9.78 Å². The van der Waals surface area contributed by atoms with Gasteiger partial charge in [0.15, 0.2) is 0 Å². The van der Waals surface area contributed by atoms with Gasteiger partial charge in [0, 0.05) is 30.3 Å². The second-order valence-corrected chi connectivity index (χ2v) is 5.08. The lowest BCUT2D eigenvalue weighted by Crippen LogP contribution is -2.09. The number of nitro groups is 2. The van der Waals surface area contributed by atoms with Gasteiger partial charge in [-0.1, -0.05) is 0 Å². The number of hydrogen-bond donors (Lipinski definition) is 0. The van der Waals surface area contributed by atoms with E-state index in [1.165, 1.54) is 42.9 Å². The van der Waals surface area contributed by atoms with Gasteiger partial charge in [-0.15, -0.1) is 0 Å². The van der Waals surface area contributed by atoms with Crippen molar-refractivity contribution in [2.75, 3.05) is 0 Å². The Labute approximate surface area is 133 Å². The summed E-state index contributed by atoms with van der Waals surface area (Å²) in [4.78, 5) is 32.3. The molecular formula is C14H10N4O6. The number of benzene rings is 1. The minimum Gasteiger partial charge on any atom is -0.399 e. The van der Waals surface area contributed by atoms with E-state index in [1.807, 2.05) is 0 Å². The third-order valence-corrected chi connectivity index (χ3v) is 3.64. The van der Waals surface area contributed by atoms with E-state index < -0.39 is 21.2 Å². The van der Waals surface area contributed by atoms with Crippen LogP contribution in [0, 0.1) is 27.2 Å². The largest absolute Gasteiger partial charge is 0.416 e. The first kappa shape index (κ1) is 15.3. The number of aryl methyl sites for hydroxylation is 2. The van der Waals surface area contributed by atoms with Crippen LogP contribution in [0.4, 0.5) is 11.4 Å². The number of aromatic nitrogens is 2. The summed E-state index contributed by atoms with van der Waals surface area (Å²) in [6.45, 7) is 1.44. The Morgan fingerprint density at radius 3 is 2.29 bits per heavy atom. The molecule has 0 aliphatic heterocycles. The van der Waals surface area contributed by atoms with Gasteiger partial charge in [0.05, 0.1) is 15.2 Å². The van der Waals surface area contributed by atoms with E-state index in [4.69, 9.17) is 4.42 Å². The van der Waals surface area contributed by atoms with Crippen molar-refractivity contribution in [2.45, 2.75) is 6.92 Å². The van der Waals surface area contributed by atoms with Crippen molar-refractivity contribution < 1.29 is 14.3 Å². The van der Waals surface area contributed by atoms with Gasteiger partial charge in [-0.25, -0.2) is 9.48 Å². The van der Waals surface area contributed by atoms with Crippen LogP contribution in [-0.2, 0) is 7.05 Å². The number of non-ortho nitro benzene ring substituents is 1. The molecule has 0 amide bonds. The predicted molar refractivity (Wildman–Crippen MR) is 82.7 cm³/mol. The Balaban J connectivity index is 2.33. The van der Waals surface area contributed by atoms with Crippen LogP contribution in [0.25, 0.3) is 22.4 Å². The molecule has 0 atom stereocenters. The molecule has 10 heteroatoms. The summed E-state index contributed by atoms with van der Waals surface area (Å²) >= 11 is 0. The average molecular weight is 330 g/mol. The maximum atomic E-state index is 11.8. The summed E-state index contributed by atoms with van der Waals surface area (Å²) in [6, 6.07) is 5.57. The Hall–Kier alpha value is -3.56. The molecule has 24 heavy (non-hydrogen) atoms. The van der Waals surface area contributed by atoms with E-state index in [0.29, 0.717) is 16.6 Å². The molecule has 3 rings (SSSR count). The molecule has 10 nitrogen and oxygen atoms in total. The highest BCUT2D eigenvalue weighted by Crippen LogP contribution is 2.33. The van der Waals surface area contributed by atoms with Crippen LogP contribution in [0.15, 0.2) is 33.5 Å². The molecule has 0 spiro atoms. The topological polar surface area (TPSA) is 134 Å². The number of fused-ring (bicyclic) bond motifs is 1. The molecule has 0 N–H and O–H groups in total. The highest BCUT2D eigenvalue weighted by molar-refractivity contribution is 5.94. The van der Waals surface area contributed by atoms with E-state index >= 15 is 0 Å². The highest BCUT2D eigenvalue weighted by Gasteiger charge is 2.26. The summed E-state index contributed by atoms with van der Waals surface area (Å²) in [5, 5.41) is 26.4. The molecule has 2 aromatic heterocycles. The van der Waals surface area contributed by atoms with Gasteiger partial charge in [-0.3, -0.25) is 20.2 Å². The predicted octanol–water partition coefficient (Wildman–Crippen LogP) is 2.32. The summed E-state index contributed by atoms with van der Waals surface area (Å²) in [6.07, 6.45) is 0. The van der Waals surface area contributed by atoms with Crippen molar-refractivity contribution in [3.63, 3.8) is 0 Å². The fourth-order valence-corrected chi connectivity index (χ4v) is 2.53. The quantitative estimate of drug-likeness (QED) is 0.531. The SMILES string of the molecule is Cc1c([N+](=O)[O-])c(=O)oc2c1c(-c1ccc([N+](=O)[O-])cc1)nn2C. The zero-order valence-corrected chi connectivity index (χ0v) is 12.5. The number of nitro benzene ring substituents is 1. The lowest BCUT2D eigenvalue weighted by atomic mass is 10.1. The Morgan fingerprint density at radius 2 is 1.75 bits per heavy atom. The van der Waals surface area contributed by atoms with Gasteiger partial charge >= 0.3 is 11.3 Å². The molecule has 0 aliphatic carbocycles. The van der Waals surface area contributed by atoms with Gasteiger partial charge < -0.3 is 4.42 Å². The Kier molecular flexibility index (Phi) is 3.36. The van der Waals surface area contributed by atoms with Crippen LogP contribution < -0.4 is 5.63 Å². The minimum absolute atomic E-state index is 0.0896. The van der Waals surface area contributed by atoms with E-state index in [2.05, 4.69) is 5.10 Å². The maximum Gasteiger partial charge on any atom is 0.416 e. The van der Waals surface area contributed by atoms with E-state index in [-0.39, 0.29) is 17.0 Å². The molecule has 0 unspecified atom stereocenters. The molecule has 0 fully saturated rings. The van der Waals surface area contributed by atoms with Crippen LogP contribution in [0.1, 0.15) is 5.56 Å². The maximum absolute atomic E-state index is 11.8. The van der Waals surface area contributed by atoms with Crippen molar-refractivity contribution in [1.29, 1.82) is 0 Å². The molecule has 2 heterocycles. The molecule has 122 valence electrons. The van der Waals surface area contributed by atoms with Crippen molar-refractivity contribution in [3.8, 4) is 11.3 Å². The van der Waals surface area contributed by atoms with Crippen LogP contribution in [-0.4, -0.2) is 19.6 Å². The number of hydrogen-bond acceptors (Lipinski definition) is 7. The minimum atomic E-state index is -1.05. The molecule has 1 aromatic carbocycles. The van der Waals surface area contributed by atoms with Crippen LogP contribution in [0.2, 0.25) is 0 Å². The van der Waals surface area contributed by atoms with Crippen molar-refractivity contribution in [3.05, 3.63) is 60.5 Å². The third-order valence-electron chi connectivity index (χ3n) is 3.64. The fraction of sp³-hybridized carbons (Fsp3) is 0.143.